The van der Waals surface area contributed by atoms with Gasteiger partial charge in [-0.15, -0.1) is 0 Å². The van der Waals surface area contributed by atoms with Gasteiger partial charge in [-0.3, -0.25) is 19.2 Å². The molecule has 0 aliphatic heterocycles. The third-order valence-electron chi connectivity index (χ3n) is 3.68. The van der Waals surface area contributed by atoms with Crippen molar-refractivity contribution in [3.63, 3.8) is 0 Å². The minimum Gasteiger partial charge on any atom is -0.295 e. The van der Waals surface area contributed by atoms with Crippen molar-refractivity contribution in [1.29, 1.82) is 0 Å². The summed E-state index contributed by atoms with van der Waals surface area (Å²) in [6.07, 6.45) is 2.90. The molecule has 0 saturated carbocycles. The first-order chi connectivity index (χ1) is 11.7. The van der Waals surface area contributed by atoms with Crippen LogP contribution in [0.3, 0.4) is 0 Å². The zero-order chi connectivity index (χ0) is 21.2. The number of carbonyl (C=O) groups excluding carboxylic acids is 4. The third-order valence-corrected chi connectivity index (χ3v) is 3.68. The van der Waals surface area contributed by atoms with Crippen molar-refractivity contribution in [1.82, 2.24) is 0 Å². The van der Waals surface area contributed by atoms with Gasteiger partial charge in [0, 0.05) is 23.7 Å². The molecule has 0 bridgehead atoms. The molecule has 26 heavy (non-hydrogen) atoms. The van der Waals surface area contributed by atoms with Crippen molar-refractivity contribution in [2.24, 2.45) is 23.7 Å². The Kier molecular flexibility index (Phi) is 12.7. The average molecular weight is 365 g/mol. The first-order valence-corrected chi connectivity index (χ1v) is 9.24. The Morgan fingerprint density at radius 3 is 0.885 bits per heavy atom. The summed E-state index contributed by atoms with van der Waals surface area (Å²) < 4.78 is 0. The Labute approximate surface area is 159 Å². The summed E-state index contributed by atoms with van der Waals surface area (Å²) in [7, 11) is 0. The summed E-state index contributed by atoms with van der Waals surface area (Å²) in [6, 6.07) is 0. The molecule has 0 saturated heterocycles. The van der Waals surface area contributed by atoms with E-state index in [0.717, 1.165) is 0 Å². The second-order valence-corrected chi connectivity index (χ2v) is 7.81. The van der Waals surface area contributed by atoms with Crippen LogP contribution in [0.5, 0.6) is 0 Å². The number of Topliss-reactive ketones (excluding diaryl/α,β-unsaturated/α-hetero) is 2. The van der Waals surface area contributed by atoms with E-state index in [1.807, 2.05) is 55.4 Å². The van der Waals surface area contributed by atoms with E-state index in [2.05, 4.69) is 0 Å². The van der Waals surface area contributed by atoms with Gasteiger partial charge in [-0.25, -0.2) is 0 Å². The first kappa shape index (κ1) is 26.4. The highest BCUT2D eigenvalue weighted by molar-refractivity contribution is 6.04. The lowest BCUT2D eigenvalue weighted by Gasteiger charge is -2.04. The standard InChI is InChI=1S/2C11H18O2/c2*1-7(2)10(12)6-9(5)11(13)8(3)4/h2*6-8H,1-5H3/b2*9-6-. The lowest BCUT2D eigenvalue weighted by atomic mass is 9.99. The maximum atomic E-state index is 11.4. The molecule has 0 fully saturated rings. The summed E-state index contributed by atoms with van der Waals surface area (Å²) in [5, 5.41) is 0. The fourth-order valence-electron chi connectivity index (χ4n) is 1.81. The van der Waals surface area contributed by atoms with Crippen molar-refractivity contribution in [3.05, 3.63) is 23.3 Å². The molecule has 0 N–H and O–H groups in total. The third kappa shape index (κ3) is 10.9. The van der Waals surface area contributed by atoms with Crippen molar-refractivity contribution in [2.75, 3.05) is 0 Å². The van der Waals surface area contributed by atoms with E-state index in [-0.39, 0.29) is 46.8 Å². The van der Waals surface area contributed by atoms with Crippen LogP contribution < -0.4 is 0 Å². The topological polar surface area (TPSA) is 68.3 Å². The predicted octanol–water partition coefficient (Wildman–Crippen LogP) is 4.77. The molecule has 4 nitrogen and oxygen atoms in total. The number of ketones is 4. The van der Waals surface area contributed by atoms with Crippen LogP contribution in [0.1, 0.15) is 69.2 Å². The molecule has 0 unspecified atom stereocenters. The Morgan fingerprint density at radius 2 is 0.731 bits per heavy atom. The van der Waals surface area contributed by atoms with Crippen molar-refractivity contribution < 1.29 is 19.2 Å². The van der Waals surface area contributed by atoms with Gasteiger partial charge < -0.3 is 0 Å². The van der Waals surface area contributed by atoms with E-state index in [9.17, 15) is 19.2 Å². The van der Waals surface area contributed by atoms with Crippen LogP contribution in [-0.4, -0.2) is 23.1 Å². The van der Waals surface area contributed by atoms with Crippen LogP contribution in [-0.2, 0) is 19.2 Å². The molecule has 0 atom stereocenters. The van der Waals surface area contributed by atoms with Crippen LogP contribution in [0.2, 0.25) is 0 Å². The quantitative estimate of drug-likeness (QED) is 0.582. The molecule has 0 rings (SSSR count). The monoisotopic (exact) mass is 364 g/mol. The SMILES string of the molecule is C/C(=C/C(=O)C(C)C)C(=O)C(C)C.C/C(=C/C(=O)C(C)C)C(=O)C(C)C. The predicted molar refractivity (Wildman–Crippen MR) is 107 cm³/mol. The lowest BCUT2D eigenvalue weighted by molar-refractivity contribution is -0.120. The van der Waals surface area contributed by atoms with Gasteiger partial charge in [0.25, 0.3) is 0 Å². The average Bonchev–Trinajstić information content (AvgIpc) is 2.52. The van der Waals surface area contributed by atoms with Crippen LogP contribution in [0.4, 0.5) is 0 Å². The molecule has 0 aromatic heterocycles. The normalized spacial score (nSPS) is 12.4. The summed E-state index contributed by atoms with van der Waals surface area (Å²) in [5.74, 6) is 0.0123. The minimum atomic E-state index is -0.0325. The number of allylic oxidation sites excluding steroid dienone is 4. The van der Waals surface area contributed by atoms with Crippen molar-refractivity contribution in [2.45, 2.75) is 69.2 Å². The summed E-state index contributed by atoms with van der Waals surface area (Å²) >= 11 is 0. The minimum absolute atomic E-state index is 0.0199. The molecule has 0 amide bonds. The Morgan fingerprint density at radius 1 is 0.500 bits per heavy atom. The van der Waals surface area contributed by atoms with Gasteiger partial charge in [0.1, 0.15) is 0 Å². The highest BCUT2D eigenvalue weighted by Gasteiger charge is 2.12. The van der Waals surface area contributed by atoms with E-state index >= 15 is 0 Å². The van der Waals surface area contributed by atoms with Gasteiger partial charge >= 0.3 is 0 Å². The molecular weight excluding hydrogens is 328 g/mol. The molecule has 0 aliphatic carbocycles. The summed E-state index contributed by atoms with van der Waals surface area (Å²) in [4.78, 5) is 45.3. The Hall–Kier alpha value is -1.84. The highest BCUT2D eigenvalue weighted by Crippen LogP contribution is 2.08. The fourth-order valence-corrected chi connectivity index (χ4v) is 1.81. The van der Waals surface area contributed by atoms with Crippen molar-refractivity contribution >= 4 is 23.1 Å². The van der Waals surface area contributed by atoms with E-state index < -0.39 is 0 Å². The second kappa shape index (κ2) is 12.5. The van der Waals surface area contributed by atoms with Gasteiger partial charge in [0.15, 0.2) is 23.1 Å². The van der Waals surface area contributed by atoms with E-state index in [1.165, 1.54) is 12.2 Å². The molecular formula is C22H36O4. The summed E-state index contributed by atoms with van der Waals surface area (Å²) in [6.45, 7) is 18.0. The molecule has 0 radical (unpaired) electrons. The smallest absolute Gasteiger partial charge is 0.161 e. The number of carbonyl (C=O) groups is 4. The van der Waals surface area contributed by atoms with Gasteiger partial charge in [-0.2, -0.15) is 0 Å². The molecule has 0 heterocycles. The molecule has 0 aromatic rings. The van der Waals surface area contributed by atoms with Gasteiger partial charge in [-0.1, -0.05) is 55.4 Å². The molecule has 0 aromatic carbocycles. The van der Waals surface area contributed by atoms with Crippen molar-refractivity contribution in [3.8, 4) is 0 Å². The maximum absolute atomic E-state index is 11.4. The highest BCUT2D eigenvalue weighted by atomic mass is 16.1. The summed E-state index contributed by atoms with van der Waals surface area (Å²) in [5.41, 5.74) is 1.13. The van der Waals surface area contributed by atoms with Crippen LogP contribution >= 0.6 is 0 Å². The van der Waals surface area contributed by atoms with Gasteiger partial charge in [0.05, 0.1) is 0 Å². The fraction of sp³-hybridized carbons (Fsp3) is 0.636. The van der Waals surface area contributed by atoms with Crippen LogP contribution in [0, 0.1) is 23.7 Å². The zero-order valence-electron chi connectivity index (χ0n) is 18.1. The number of hydrogen-bond donors (Lipinski definition) is 0. The Balaban J connectivity index is 0. The maximum Gasteiger partial charge on any atom is 0.161 e. The van der Waals surface area contributed by atoms with E-state index in [4.69, 9.17) is 0 Å². The zero-order valence-corrected chi connectivity index (χ0v) is 18.1. The number of hydrogen-bond acceptors (Lipinski definition) is 4. The molecule has 0 spiro atoms. The van der Waals surface area contributed by atoms with E-state index in [0.29, 0.717) is 11.1 Å². The van der Waals surface area contributed by atoms with Gasteiger partial charge in [0.2, 0.25) is 0 Å². The van der Waals surface area contributed by atoms with Crippen LogP contribution in [0.15, 0.2) is 23.3 Å². The first-order valence-electron chi connectivity index (χ1n) is 9.24. The molecule has 148 valence electrons. The lowest BCUT2D eigenvalue weighted by Crippen LogP contribution is -2.11. The second-order valence-electron chi connectivity index (χ2n) is 7.81. The molecule has 0 aliphatic rings. The van der Waals surface area contributed by atoms with Crippen LogP contribution in [0.25, 0.3) is 0 Å². The van der Waals surface area contributed by atoms with E-state index in [1.54, 1.807) is 13.8 Å². The Bertz CT molecular complexity index is 521. The number of rotatable bonds is 8. The largest absolute Gasteiger partial charge is 0.295 e. The molecule has 4 heteroatoms. The van der Waals surface area contributed by atoms with Gasteiger partial charge in [-0.05, 0) is 37.1 Å².